The van der Waals surface area contributed by atoms with Crippen LogP contribution in [0, 0.1) is 0 Å². The highest BCUT2D eigenvalue weighted by atomic mass is 35.5. The Hall–Kier alpha value is -2.98. The summed E-state index contributed by atoms with van der Waals surface area (Å²) < 4.78 is 75.7. The lowest BCUT2D eigenvalue weighted by atomic mass is 10.2. The van der Waals surface area contributed by atoms with E-state index in [-0.39, 0.29) is 16.4 Å². The SMILES string of the molecule is COc1ccccc1Oc1ccc(N(Cc2cccnc2Cl)S(=O)(=O)CC(F)(F)F)cc1. The second kappa shape index (κ2) is 9.66. The Bertz CT molecular complexity index is 1170. The number of pyridine rings is 1. The number of rotatable bonds is 8. The maximum atomic E-state index is 12.9. The van der Waals surface area contributed by atoms with Crippen LogP contribution in [0.15, 0.2) is 66.9 Å². The van der Waals surface area contributed by atoms with Gasteiger partial charge in [-0.1, -0.05) is 29.8 Å². The Morgan fingerprint density at radius 2 is 1.66 bits per heavy atom. The molecule has 0 aliphatic rings. The molecule has 0 fully saturated rings. The van der Waals surface area contributed by atoms with Crippen molar-refractivity contribution < 1.29 is 31.1 Å². The quantitative estimate of drug-likeness (QED) is 0.397. The van der Waals surface area contributed by atoms with Crippen LogP contribution in [-0.2, 0) is 16.6 Å². The fraction of sp³-hybridized carbons (Fsp3) is 0.190. The van der Waals surface area contributed by atoms with Gasteiger partial charge in [0.1, 0.15) is 10.9 Å². The lowest BCUT2D eigenvalue weighted by Crippen LogP contribution is -2.37. The number of alkyl halides is 3. The van der Waals surface area contributed by atoms with Crippen LogP contribution in [0.3, 0.4) is 0 Å². The van der Waals surface area contributed by atoms with Crippen molar-refractivity contribution >= 4 is 27.3 Å². The van der Waals surface area contributed by atoms with Crippen LogP contribution in [0.1, 0.15) is 5.56 Å². The van der Waals surface area contributed by atoms with Gasteiger partial charge in [-0.2, -0.15) is 13.2 Å². The van der Waals surface area contributed by atoms with Gasteiger partial charge in [-0.15, -0.1) is 0 Å². The molecule has 0 bridgehead atoms. The number of sulfonamides is 1. The predicted octanol–water partition coefficient (Wildman–Crippen LogP) is 5.43. The molecule has 0 saturated carbocycles. The van der Waals surface area contributed by atoms with Crippen LogP contribution in [0.25, 0.3) is 0 Å². The molecule has 11 heteroatoms. The number of hydrogen-bond acceptors (Lipinski definition) is 5. The minimum absolute atomic E-state index is 0.00386. The summed E-state index contributed by atoms with van der Waals surface area (Å²) in [6, 6.07) is 15.5. The second-order valence-corrected chi connectivity index (χ2v) is 8.83. The Morgan fingerprint density at radius 3 is 2.25 bits per heavy atom. The molecule has 2 aromatic carbocycles. The van der Waals surface area contributed by atoms with Crippen molar-refractivity contribution in [2.45, 2.75) is 12.7 Å². The normalized spacial score (nSPS) is 11.8. The second-order valence-electron chi connectivity index (χ2n) is 6.58. The summed E-state index contributed by atoms with van der Waals surface area (Å²) in [6.45, 7) is -0.419. The zero-order chi connectivity index (χ0) is 23.4. The van der Waals surface area contributed by atoms with E-state index in [9.17, 15) is 21.6 Å². The van der Waals surface area contributed by atoms with Crippen molar-refractivity contribution in [1.82, 2.24) is 4.98 Å². The van der Waals surface area contributed by atoms with E-state index in [2.05, 4.69) is 4.98 Å². The Labute approximate surface area is 188 Å². The summed E-state index contributed by atoms with van der Waals surface area (Å²) in [7, 11) is -3.29. The first-order chi connectivity index (χ1) is 15.1. The molecule has 0 aliphatic heterocycles. The summed E-state index contributed by atoms with van der Waals surface area (Å²) in [5, 5.41) is -0.00386. The first-order valence-electron chi connectivity index (χ1n) is 9.16. The van der Waals surface area contributed by atoms with Crippen molar-refractivity contribution in [1.29, 1.82) is 0 Å². The molecule has 6 nitrogen and oxygen atoms in total. The molecule has 0 spiro atoms. The van der Waals surface area contributed by atoms with Gasteiger partial charge in [-0.3, -0.25) is 4.31 Å². The van der Waals surface area contributed by atoms with Crippen molar-refractivity contribution in [3.63, 3.8) is 0 Å². The molecular formula is C21H18ClF3N2O4S. The highest BCUT2D eigenvalue weighted by Gasteiger charge is 2.38. The maximum absolute atomic E-state index is 12.9. The molecule has 0 radical (unpaired) electrons. The lowest BCUT2D eigenvalue weighted by Gasteiger charge is -2.25. The van der Waals surface area contributed by atoms with Gasteiger partial charge in [0.2, 0.25) is 10.0 Å². The maximum Gasteiger partial charge on any atom is 0.404 e. The molecule has 170 valence electrons. The van der Waals surface area contributed by atoms with E-state index in [0.29, 0.717) is 21.6 Å². The van der Waals surface area contributed by atoms with E-state index in [0.717, 1.165) is 0 Å². The van der Waals surface area contributed by atoms with Gasteiger partial charge in [-0.05, 0) is 42.5 Å². The summed E-state index contributed by atoms with van der Waals surface area (Å²) in [4.78, 5) is 3.85. The molecule has 3 aromatic rings. The predicted molar refractivity (Wildman–Crippen MR) is 115 cm³/mol. The largest absolute Gasteiger partial charge is 0.493 e. The molecule has 0 saturated heterocycles. The van der Waals surface area contributed by atoms with Crippen molar-refractivity contribution in [2.75, 3.05) is 17.2 Å². The van der Waals surface area contributed by atoms with Crippen LogP contribution < -0.4 is 13.8 Å². The van der Waals surface area contributed by atoms with Crippen LogP contribution in [0.5, 0.6) is 17.2 Å². The fourth-order valence-electron chi connectivity index (χ4n) is 2.84. The number of hydrogen-bond donors (Lipinski definition) is 0. The molecule has 1 aromatic heterocycles. The number of methoxy groups -OCH3 is 1. The zero-order valence-corrected chi connectivity index (χ0v) is 18.3. The third kappa shape index (κ3) is 6.04. The molecule has 0 amide bonds. The molecule has 3 rings (SSSR count). The molecule has 32 heavy (non-hydrogen) atoms. The number of benzene rings is 2. The summed E-state index contributed by atoms with van der Waals surface area (Å²) in [6.07, 6.45) is -3.52. The summed E-state index contributed by atoms with van der Waals surface area (Å²) >= 11 is 6.00. The average molecular weight is 487 g/mol. The monoisotopic (exact) mass is 486 g/mol. The highest BCUT2D eigenvalue weighted by molar-refractivity contribution is 7.92. The number of anilines is 1. The summed E-state index contributed by atoms with van der Waals surface area (Å²) in [5.41, 5.74) is 0.274. The van der Waals surface area contributed by atoms with Gasteiger partial charge in [0.15, 0.2) is 17.3 Å². The van der Waals surface area contributed by atoms with Gasteiger partial charge in [0, 0.05) is 11.8 Å². The smallest absolute Gasteiger partial charge is 0.404 e. The van der Waals surface area contributed by atoms with Crippen LogP contribution in [0.2, 0.25) is 5.15 Å². The van der Waals surface area contributed by atoms with Gasteiger partial charge in [0.25, 0.3) is 0 Å². The molecule has 0 unspecified atom stereocenters. The molecule has 1 heterocycles. The third-order valence-electron chi connectivity index (χ3n) is 4.25. The Balaban J connectivity index is 1.93. The van der Waals surface area contributed by atoms with E-state index < -0.39 is 28.5 Å². The number of nitrogens with zero attached hydrogens (tertiary/aromatic N) is 2. The van der Waals surface area contributed by atoms with E-state index in [1.54, 1.807) is 24.3 Å². The number of halogens is 4. The lowest BCUT2D eigenvalue weighted by molar-refractivity contribution is -0.106. The van der Waals surface area contributed by atoms with Gasteiger partial charge < -0.3 is 9.47 Å². The van der Waals surface area contributed by atoms with Gasteiger partial charge in [-0.25, -0.2) is 13.4 Å². The Kier molecular flexibility index (Phi) is 7.15. The fourth-order valence-corrected chi connectivity index (χ4v) is 4.36. The first-order valence-corrected chi connectivity index (χ1v) is 11.2. The van der Waals surface area contributed by atoms with E-state index >= 15 is 0 Å². The van der Waals surface area contributed by atoms with Gasteiger partial charge in [0.05, 0.1) is 19.3 Å². The number of ether oxygens (including phenoxy) is 2. The standard InChI is InChI=1S/C21H18ClF3N2O4S/c1-30-18-6-2-3-7-19(18)31-17-10-8-16(9-11-17)27(32(28,29)14-21(23,24)25)13-15-5-4-12-26-20(15)22/h2-12H,13-14H2,1H3. The van der Waals surface area contributed by atoms with Gasteiger partial charge >= 0.3 is 6.18 Å². The van der Waals surface area contributed by atoms with Crippen molar-refractivity contribution in [2.24, 2.45) is 0 Å². The molecular weight excluding hydrogens is 469 g/mol. The topological polar surface area (TPSA) is 68.7 Å². The van der Waals surface area contributed by atoms with E-state index in [1.807, 2.05) is 0 Å². The van der Waals surface area contributed by atoms with E-state index in [4.69, 9.17) is 21.1 Å². The zero-order valence-electron chi connectivity index (χ0n) is 16.7. The molecule has 0 atom stereocenters. The minimum atomic E-state index is -4.91. The highest BCUT2D eigenvalue weighted by Crippen LogP contribution is 2.33. The van der Waals surface area contributed by atoms with Crippen LogP contribution in [-0.4, -0.2) is 32.4 Å². The Morgan fingerprint density at radius 1 is 1.00 bits per heavy atom. The molecule has 0 aliphatic carbocycles. The molecule has 0 N–H and O–H groups in total. The average Bonchev–Trinajstić information content (AvgIpc) is 2.72. The summed E-state index contributed by atoms with van der Waals surface area (Å²) in [5.74, 6) is -0.772. The van der Waals surface area contributed by atoms with Crippen molar-refractivity contribution in [3.8, 4) is 17.2 Å². The number of aromatic nitrogens is 1. The third-order valence-corrected chi connectivity index (χ3v) is 6.30. The minimum Gasteiger partial charge on any atom is -0.493 e. The number of para-hydroxylation sites is 2. The van der Waals surface area contributed by atoms with E-state index in [1.165, 1.54) is 49.7 Å². The van der Waals surface area contributed by atoms with Crippen LogP contribution >= 0.6 is 11.6 Å². The first kappa shape index (κ1) is 23.7. The van der Waals surface area contributed by atoms with Crippen LogP contribution in [0.4, 0.5) is 18.9 Å². The van der Waals surface area contributed by atoms with Crippen molar-refractivity contribution in [3.05, 3.63) is 77.6 Å².